The number of hydrogen-bond acceptors (Lipinski definition) is 7. The molecule has 0 bridgehead atoms. The largest absolute Gasteiger partial charge is 0.444 e. The maximum Gasteiger partial charge on any atom is 0.437 e. The molecule has 0 rings (SSSR count). The molecule has 0 radical (unpaired) electrons. The summed E-state index contributed by atoms with van der Waals surface area (Å²) in [6, 6.07) is 0. The van der Waals surface area contributed by atoms with Crippen molar-refractivity contribution < 1.29 is 33.0 Å². The van der Waals surface area contributed by atoms with Crippen LogP contribution >= 0.6 is 0 Å². The highest BCUT2D eigenvalue weighted by Crippen LogP contribution is 2.36. The van der Waals surface area contributed by atoms with Crippen molar-refractivity contribution in [2.24, 2.45) is 4.99 Å². The van der Waals surface area contributed by atoms with Gasteiger partial charge in [-0.15, -0.1) is 16.8 Å². The van der Waals surface area contributed by atoms with Crippen LogP contribution in [0.4, 0.5) is 14.4 Å². The molecule has 0 aliphatic rings. The van der Waals surface area contributed by atoms with Crippen LogP contribution in [0.25, 0.3) is 0 Å². The van der Waals surface area contributed by atoms with Gasteiger partial charge in [0.1, 0.15) is 16.8 Å². The summed E-state index contributed by atoms with van der Waals surface area (Å²) in [6.07, 6.45) is -1.94. The van der Waals surface area contributed by atoms with Gasteiger partial charge >= 0.3 is 18.3 Å². The van der Waals surface area contributed by atoms with Crippen molar-refractivity contribution in [3.8, 4) is 11.8 Å². The lowest BCUT2D eigenvalue weighted by atomic mass is 10.2. The van der Waals surface area contributed by atoms with Gasteiger partial charge in [-0.05, 0) is 80.4 Å². The maximum atomic E-state index is 13.1. The van der Waals surface area contributed by atoms with E-state index in [9.17, 15) is 14.4 Å². The smallest absolute Gasteiger partial charge is 0.437 e. The fourth-order valence-electron chi connectivity index (χ4n) is 2.44. The minimum absolute atomic E-state index is 0.0115. The van der Waals surface area contributed by atoms with Crippen molar-refractivity contribution in [3.63, 3.8) is 0 Å². The molecule has 0 aromatic carbocycles. The van der Waals surface area contributed by atoms with Gasteiger partial charge in [0.25, 0.3) is 0 Å². The fraction of sp³-hybridized carbons (Fsp3) is 0.786. The van der Waals surface area contributed by atoms with Gasteiger partial charge < -0.3 is 18.6 Å². The zero-order valence-corrected chi connectivity index (χ0v) is 27.6. The molecule has 0 heterocycles. The summed E-state index contributed by atoms with van der Waals surface area (Å²) in [6.45, 7) is 26.6. The van der Waals surface area contributed by atoms with Gasteiger partial charge in [0.2, 0.25) is 5.96 Å². The van der Waals surface area contributed by atoms with Crippen molar-refractivity contribution in [2.75, 3.05) is 13.2 Å². The molecule has 10 nitrogen and oxygen atoms in total. The molecule has 0 aliphatic heterocycles. The van der Waals surface area contributed by atoms with Gasteiger partial charge in [-0.3, -0.25) is 5.32 Å². The monoisotopic (exact) mass is 569 g/mol. The summed E-state index contributed by atoms with van der Waals surface area (Å²) in [5.41, 5.74) is -2.51. The summed E-state index contributed by atoms with van der Waals surface area (Å²) in [7, 11) is -1.86. The maximum absolute atomic E-state index is 13.1. The number of carbonyl (C=O) groups is 3. The second-order valence-electron chi connectivity index (χ2n) is 13.6. The van der Waals surface area contributed by atoms with Crippen LogP contribution in [0, 0.1) is 11.8 Å². The number of aliphatic imine (C=N–C) groups is 1. The molecule has 1 N–H and O–H groups in total. The van der Waals surface area contributed by atoms with E-state index in [4.69, 9.17) is 18.6 Å². The van der Waals surface area contributed by atoms with Crippen molar-refractivity contribution in [2.45, 2.75) is 131 Å². The lowest BCUT2D eigenvalue weighted by Crippen LogP contribution is -2.50. The Hall–Kier alpha value is -2.58. The number of hydrogen-bond donors (Lipinski definition) is 1. The third-order valence-electron chi connectivity index (χ3n) is 5.15. The van der Waals surface area contributed by atoms with Crippen LogP contribution in [0.1, 0.15) is 95.9 Å². The summed E-state index contributed by atoms with van der Waals surface area (Å²) in [4.78, 5) is 43.1. The number of carbonyl (C=O) groups excluding carboxylic acids is 3. The molecule has 0 unspecified atom stereocenters. The Bertz CT molecular complexity index is 938. The fourth-order valence-corrected chi connectivity index (χ4v) is 3.49. The van der Waals surface area contributed by atoms with Crippen molar-refractivity contribution in [1.82, 2.24) is 10.2 Å². The Morgan fingerprint density at radius 1 is 0.769 bits per heavy atom. The third kappa shape index (κ3) is 16.9. The van der Waals surface area contributed by atoms with Crippen LogP contribution < -0.4 is 5.32 Å². The van der Waals surface area contributed by atoms with E-state index in [1.807, 2.05) is 0 Å². The van der Waals surface area contributed by atoms with Crippen LogP contribution in [-0.2, 0) is 18.6 Å². The predicted octanol–water partition coefficient (Wildman–Crippen LogP) is 6.84. The highest BCUT2D eigenvalue weighted by molar-refractivity contribution is 6.74. The van der Waals surface area contributed by atoms with Crippen LogP contribution in [0.5, 0.6) is 0 Å². The van der Waals surface area contributed by atoms with Gasteiger partial charge in [-0.1, -0.05) is 20.8 Å². The van der Waals surface area contributed by atoms with Crippen LogP contribution in [0.3, 0.4) is 0 Å². The van der Waals surface area contributed by atoms with Gasteiger partial charge in [-0.2, -0.15) is 0 Å². The Morgan fingerprint density at radius 2 is 1.26 bits per heavy atom. The van der Waals surface area contributed by atoms with E-state index in [0.29, 0.717) is 13.0 Å². The van der Waals surface area contributed by atoms with Gasteiger partial charge in [0.15, 0.2) is 8.32 Å². The van der Waals surface area contributed by atoms with Crippen molar-refractivity contribution >= 4 is 32.6 Å². The lowest BCUT2D eigenvalue weighted by Gasteiger charge is -2.35. The zero-order valence-electron chi connectivity index (χ0n) is 26.6. The average molecular weight is 570 g/mol. The van der Waals surface area contributed by atoms with E-state index in [0.717, 1.165) is 4.90 Å². The number of amides is 3. The minimum Gasteiger partial charge on any atom is -0.444 e. The summed E-state index contributed by atoms with van der Waals surface area (Å²) in [5, 5.41) is 2.51. The highest BCUT2D eigenvalue weighted by Gasteiger charge is 2.36. The molecule has 0 atom stereocenters. The second-order valence-corrected chi connectivity index (χ2v) is 18.4. The normalized spacial score (nSPS) is 13.1. The number of rotatable bonds is 5. The van der Waals surface area contributed by atoms with Crippen LogP contribution in [-0.4, -0.2) is 67.4 Å². The quantitative estimate of drug-likeness (QED) is 0.0961. The summed E-state index contributed by atoms with van der Waals surface area (Å²) in [5.74, 6) is 5.70. The molecule has 3 amide bonds. The number of nitrogens with one attached hydrogen (secondary N) is 1. The first-order valence-electron chi connectivity index (χ1n) is 13.2. The van der Waals surface area contributed by atoms with E-state index >= 15 is 0 Å². The Morgan fingerprint density at radius 3 is 1.72 bits per heavy atom. The van der Waals surface area contributed by atoms with E-state index in [1.165, 1.54) is 0 Å². The molecule has 0 spiro atoms. The first kappa shape index (κ1) is 36.4. The molecule has 0 fully saturated rings. The minimum atomic E-state index is -1.86. The molecule has 0 saturated heterocycles. The van der Waals surface area contributed by atoms with Gasteiger partial charge in [0, 0.05) is 26.0 Å². The van der Waals surface area contributed by atoms with E-state index in [1.54, 1.807) is 62.3 Å². The summed E-state index contributed by atoms with van der Waals surface area (Å²) < 4.78 is 22.2. The number of guanidine groups is 1. The average Bonchev–Trinajstić information content (AvgIpc) is 2.64. The lowest BCUT2D eigenvalue weighted by molar-refractivity contribution is 0.0360. The van der Waals surface area contributed by atoms with E-state index in [2.05, 4.69) is 56.0 Å². The zero-order chi connectivity index (χ0) is 30.9. The topological polar surface area (TPSA) is 116 Å². The van der Waals surface area contributed by atoms with Crippen LogP contribution in [0.2, 0.25) is 18.1 Å². The number of alkyl carbamates (subject to hydrolysis) is 1. The van der Waals surface area contributed by atoms with Crippen molar-refractivity contribution in [1.29, 1.82) is 0 Å². The summed E-state index contributed by atoms with van der Waals surface area (Å²) >= 11 is 0. The van der Waals surface area contributed by atoms with Gasteiger partial charge in [-0.25, -0.2) is 19.3 Å². The predicted molar refractivity (Wildman–Crippen MR) is 156 cm³/mol. The molecule has 0 saturated carbocycles. The van der Waals surface area contributed by atoms with E-state index in [-0.39, 0.29) is 24.0 Å². The number of nitrogens with zero attached hydrogens (tertiary/aromatic N) is 2. The molecule has 0 aromatic heterocycles. The van der Waals surface area contributed by atoms with Gasteiger partial charge in [0.05, 0.1) is 0 Å². The Kier molecular flexibility index (Phi) is 13.2. The SMILES string of the molecule is CC(C)(C)OC(=O)N=C(NC(=O)OC(C)(C)C)N(CCC#CCCO[Si](C)(C)C(C)(C)C)C(=O)OC(C)(C)C. The highest BCUT2D eigenvalue weighted by atomic mass is 28.4. The molecule has 0 aliphatic carbocycles. The van der Waals surface area contributed by atoms with Crippen molar-refractivity contribution in [3.05, 3.63) is 0 Å². The molecule has 0 aromatic rings. The number of ether oxygens (including phenoxy) is 3. The molecule has 224 valence electrons. The first-order valence-corrected chi connectivity index (χ1v) is 16.2. The molecular weight excluding hydrogens is 518 g/mol. The second kappa shape index (κ2) is 14.2. The van der Waals surface area contributed by atoms with Crippen LogP contribution in [0.15, 0.2) is 4.99 Å². The Balaban J connectivity index is 5.88. The standard InChI is InChI=1S/C28H51N3O7Si/c1-25(2,3)36-22(32)29-21(30-23(33)37-26(4,5)6)31(24(34)38-27(7,8)9)19-17-15-16-18-20-35-39(13,14)28(10,11)12/h17-20H2,1-14H3,(H,29,30,32,33). The molecule has 39 heavy (non-hydrogen) atoms. The molecule has 11 heteroatoms. The third-order valence-corrected chi connectivity index (χ3v) is 9.69. The first-order chi connectivity index (χ1) is 17.3. The Labute approximate surface area is 236 Å². The molecular formula is C28H51N3O7Si. The van der Waals surface area contributed by atoms with E-state index < -0.39 is 43.4 Å².